The maximum atomic E-state index is 12.0. The number of nitrogens with zero attached hydrogens (tertiary/aromatic N) is 1. The van der Waals surface area contributed by atoms with E-state index in [0.717, 1.165) is 10.8 Å². The van der Waals surface area contributed by atoms with Gasteiger partial charge in [0.15, 0.2) is 5.78 Å². The number of rotatable bonds is 0. The number of carbonyl (C=O) groups is 1. The molecule has 2 aromatic rings. The molecular formula is C14H10N2O2. The van der Waals surface area contributed by atoms with Crippen LogP contribution in [0.4, 0.5) is 5.69 Å². The zero-order chi connectivity index (χ0) is 12.7. The summed E-state index contributed by atoms with van der Waals surface area (Å²) in [7, 11) is 0. The molecule has 3 rings (SSSR count). The van der Waals surface area contributed by atoms with E-state index in [2.05, 4.69) is 11.5 Å². The number of Topliss-reactive ketones (excluding diaryl/α,β-unsaturated/α-hetero) is 1. The Labute approximate surface area is 104 Å². The monoisotopic (exact) mass is 238 g/mol. The van der Waals surface area contributed by atoms with Crippen LogP contribution in [0.3, 0.4) is 0 Å². The van der Waals surface area contributed by atoms with Gasteiger partial charge in [-0.05, 0) is 19.1 Å². The van der Waals surface area contributed by atoms with Gasteiger partial charge in [-0.3, -0.25) is 15.1 Å². The smallest absolute Gasteiger partial charge is 0.196 e. The molecule has 4 nitrogen and oxygen atoms in total. The summed E-state index contributed by atoms with van der Waals surface area (Å²) in [5.74, 6) is -0.0481. The van der Waals surface area contributed by atoms with E-state index in [9.17, 15) is 4.79 Å². The molecule has 1 atom stereocenters. The third-order valence-electron chi connectivity index (χ3n) is 3.15. The quantitative estimate of drug-likeness (QED) is 0.766. The molecule has 0 fully saturated rings. The topological polar surface area (TPSA) is 62.1 Å². The normalized spacial score (nSPS) is 18.0. The molecule has 0 saturated carbocycles. The maximum absolute atomic E-state index is 12.0. The van der Waals surface area contributed by atoms with Crippen LogP contribution >= 0.6 is 0 Å². The average Bonchev–Trinajstić information content (AvgIpc) is 2.41. The molecule has 0 bridgehead atoms. The fourth-order valence-electron chi connectivity index (χ4n) is 2.19. The van der Waals surface area contributed by atoms with E-state index in [4.69, 9.17) is 10.1 Å². The third kappa shape index (κ3) is 1.38. The van der Waals surface area contributed by atoms with Crippen LogP contribution in [0.1, 0.15) is 22.8 Å². The van der Waals surface area contributed by atoms with Crippen molar-refractivity contribution >= 4 is 22.2 Å². The van der Waals surface area contributed by atoms with Crippen LogP contribution in [0.5, 0.6) is 0 Å². The van der Waals surface area contributed by atoms with Gasteiger partial charge in [-0.2, -0.15) is 5.26 Å². The van der Waals surface area contributed by atoms with Crippen molar-refractivity contribution in [3.8, 4) is 6.07 Å². The summed E-state index contributed by atoms with van der Waals surface area (Å²) in [4.78, 5) is 17.2. The lowest BCUT2D eigenvalue weighted by molar-refractivity contribution is 0.0610. The average molecular weight is 238 g/mol. The minimum absolute atomic E-state index is 0.0481. The van der Waals surface area contributed by atoms with E-state index in [1.807, 2.05) is 12.1 Å². The van der Waals surface area contributed by atoms with Gasteiger partial charge in [-0.25, -0.2) is 0 Å². The molecule has 4 heteroatoms. The second-order valence-corrected chi connectivity index (χ2v) is 4.23. The van der Waals surface area contributed by atoms with Gasteiger partial charge in [0.2, 0.25) is 0 Å². The van der Waals surface area contributed by atoms with Crippen LogP contribution in [-0.4, -0.2) is 11.9 Å². The first kappa shape index (κ1) is 10.8. The summed E-state index contributed by atoms with van der Waals surface area (Å²) in [6.07, 6.45) is -0.492. The molecule has 1 N–H and O–H groups in total. The van der Waals surface area contributed by atoms with Crippen molar-refractivity contribution in [2.24, 2.45) is 0 Å². The van der Waals surface area contributed by atoms with Gasteiger partial charge in [0.25, 0.3) is 0 Å². The van der Waals surface area contributed by atoms with E-state index in [0.29, 0.717) is 16.8 Å². The van der Waals surface area contributed by atoms with Gasteiger partial charge in [-0.1, -0.05) is 18.2 Å². The van der Waals surface area contributed by atoms with Crippen LogP contribution in [0, 0.1) is 11.3 Å². The largest absolute Gasteiger partial charge is 0.291 e. The molecule has 18 heavy (non-hydrogen) atoms. The number of hydrogen-bond acceptors (Lipinski definition) is 4. The first-order valence-corrected chi connectivity index (χ1v) is 5.64. The Morgan fingerprint density at radius 3 is 2.89 bits per heavy atom. The molecule has 1 unspecified atom stereocenters. The molecule has 0 aliphatic carbocycles. The highest BCUT2D eigenvalue weighted by Gasteiger charge is 2.26. The maximum Gasteiger partial charge on any atom is 0.196 e. The highest BCUT2D eigenvalue weighted by molar-refractivity contribution is 6.12. The Kier molecular flexibility index (Phi) is 2.29. The van der Waals surface area contributed by atoms with Gasteiger partial charge in [0.1, 0.15) is 6.10 Å². The lowest BCUT2D eigenvalue weighted by Gasteiger charge is -2.23. The second kappa shape index (κ2) is 3.83. The zero-order valence-electron chi connectivity index (χ0n) is 9.73. The molecule has 0 amide bonds. The van der Waals surface area contributed by atoms with Crippen LogP contribution in [0.25, 0.3) is 10.8 Å². The Bertz CT molecular complexity index is 701. The van der Waals surface area contributed by atoms with Crippen LogP contribution < -0.4 is 5.48 Å². The van der Waals surface area contributed by atoms with E-state index in [-0.39, 0.29) is 5.78 Å². The Hall–Kier alpha value is -2.38. The lowest BCUT2D eigenvalue weighted by atomic mass is 9.96. The highest BCUT2D eigenvalue weighted by Crippen LogP contribution is 2.33. The number of anilines is 1. The molecule has 0 aromatic heterocycles. The van der Waals surface area contributed by atoms with Crippen LogP contribution in [-0.2, 0) is 4.84 Å². The fraction of sp³-hybridized carbons (Fsp3) is 0.143. The summed E-state index contributed by atoms with van der Waals surface area (Å²) < 4.78 is 0. The second-order valence-electron chi connectivity index (χ2n) is 4.23. The van der Waals surface area contributed by atoms with Crippen molar-refractivity contribution in [3.63, 3.8) is 0 Å². The minimum Gasteiger partial charge on any atom is -0.291 e. The number of nitriles is 1. The van der Waals surface area contributed by atoms with Crippen molar-refractivity contribution in [2.45, 2.75) is 13.0 Å². The van der Waals surface area contributed by atoms with Crippen molar-refractivity contribution < 1.29 is 9.63 Å². The Morgan fingerprint density at radius 1 is 1.28 bits per heavy atom. The SMILES string of the molecule is CC1ONc2c(ccc3c(C#N)cccc23)C1=O. The highest BCUT2D eigenvalue weighted by atomic mass is 16.7. The molecule has 88 valence electrons. The fourth-order valence-corrected chi connectivity index (χ4v) is 2.19. The summed E-state index contributed by atoms with van der Waals surface area (Å²) in [5.41, 5.74) is 4.65. The van der Waals surface area contributed by atoms with Gasteiger partial charge in [0.05, 0.1) is 17.3 Å². The number of benzene rings is 2. The Balaban J connectivity index is 2.35. The van der Waals surface area contributed by atoms with E-state index in [1.165, 1.54) is 0 Å². The van der Waals surface area contributed by atoms with Gasteiger partial charge in [-0.15, -0.1) is 0 Å². The van der Waals surface area contributed by atoms with Gasteiger partial charge < -0.3 is 0 Å². The molecule has 0 saturated heterocycles. The summed E-state index contributed by atoms with van der Waals surface area (Å²) in [6, 6.07) is 11.1. The lowest BCUT2D eigenvalue weighted by Crippen LogP contribution is -2.29. The van der Waals surface area contributed by atoms with E-state index < -0.39 is 6.10 Å². The standard InChI is InChI=1S/C14H10N2O2/c1-8-14(17)12-6-5-10-9(7-15)3-2-4-11(10)13(12)16-18-8/h2-6,8,16H,1H3. The number of ketones is 1. The predicted molar refractivity (Wildman–Crippen MR) is 67.2 cm³/mol. The first-order valence-electron chi connectivity index (χ1n) is 5.64. The molecule has 1 heterocycles. The molecule has 0 spiro atoms. The minimum atomic E-state index is -0.492. The predicted octanol–water partition coefficient (Wildman–Crippen LogP) is 2.64. The van der Waals surface area contributed by atoms with E-state index >= 15 is 0 Å². The molecule has 0 radical (unpaired) electrons. The number of nitrogens with one attached hydrogen (secondary N) is 1. The number of carbonyl (C=O) groups excluding carboxylic acids is 1. The first-order chi connectivity index (χ1) is 8.72. The zero-order valence-corrected chi connectivity index (χ0v) is 9.73. The van der Waals surface area contributed by atoms with Crippen LogP contribution in [0.15, 0.2) is 30.3 Å². The van der Waals surface area contributed by atoms with Crippen molar-refractivity contribution in [3.05, 3.63) is 41.5 Å². The summed E-state index contributed by atoms with van der Waals surface area (Å²) in [5, 5.41) is 10.7. The summed E-state index contributed by atoms with van der Waals surface area (Å²) >= 11 is 0. The molecule has 1 aliphatic heterocycles. The van der Waals surface area contributed by atoms with Crippen molar-refractivity contribution in [1.82, 2.24) is 0 Å². The number of hydrogen-bond donors (Lipinski definition) is 1. The summed E-state index contributed by atoms with van der Waals surface area (Å²) in [6.45, 7) is 1.70. The van der Waals surface area contributed by atoms with E-state index in [1.54, 1.807) is 25.1 Å². The molecule has 2 aromatic carbocycles. The van der Waals surface area contributed by atoms with Crippen molar-refractivity contribution in [2.75, 3.05) is 5.48 Å². The molecule has 1 aliphatic rings. The Morgan fingerprint density at radius 2 is 2.11 bits per heavy atom. The van der Waals surface area contributed by atoms with Crippen molar-refractivity contribution in [1.29, 1.82) is 5.26 Å². The number of fused-ring (bicyclic) bond motifs is 3. The van der Waals surface area contributed by atoms with Gasteiger partial charge >= 0.3 is 0 Å². The van der Waals surface area contributed by atoms with Crippen LogP contribution in [0.2, 0.25) is 0 Å². The van der Waals surface area contributed by atoms with Gasteiger partial charge in [0, 0.05) is 16.3 Å². The third-order valence-corrected chi connectivity index (χ3v) is 3.15. The molecular weight excluding hydrogens is 228 g/mol.